The van der Waals surface area contributed by atoms with Gasteiger partial charge in [-0.1, -0.05) is 54.6 Å². The average Bonchev–Trinajstić information content (AvgIpc) is 2.70. The lowest BCUT2D eigenvalue weighted by atomic mass is 9.95. The van der Waals surface area contributed by atoms with Crippen molar-refractivity contribution < 1.29 is 9.59 Å². The standard InChI is InChI=1S/C21H27Cl2N3O2/c22-18-8-4-5-15(20(18)23)9-10-19(27)24-17-11-13-26(14-12-17)21(28)25-16-6-2-1-3-7-16/h4-5,8-10,16-17H,1-3,6-7,11-14H2,(H,24,27)(H,25,28)/b10-9+. The van der Waals surface area contributed by atoms with E-state index < -0.39 is 0 Å². The van der Waals surface area contributed by atoms with Gasteiger partial charge in [0.25, 0.3) is 0 Å². The number of likely N-dealkylation sites (tertiary alicyclic amines) is 1. The molecule has 152 valence electrons. The lowest BCUT2D eigenvalue weighted by molar-refractivity contribution is -0.117. The van der Waals surface area contributed by atoms with Crippen LogP contribution in [0.15, 0.2) is 24.3 Å². The highest BCUT2D eigenvalue weighted by atomic mass is 35.5. The molecule has 2 N–H and O–H groups in total. The maximum atomic E-state index is 12.4. The molecule has 1 aliphatic carbocycles. The van der Waals surface area contributed by atoms with Crippen LogP contribution >= 0.6 is 23.2 Å². The van der Waals surface area contributed by atoms with Gasteiger partial charge in [-0.15, -0.1) is 0 Å². The molecule has 7 heteroatoms. The molecule has 0 aromatic heterocycles. The van der Waals surface area contributed by atoms with Crippen LogP contribution in [0.5, 0.6) is 0 Å². The number of rotatable bonds is 4. The summed E-state index contributed by atoms with van der Waals surface area (Å²) in [4.78, 5) is 26.5. The Morgan fingerprint density at radius 1 is 0.964 bits per heavy atom. The number of urea groups is 1. The fourth-order valence-electron chi connectivity index (χ4n) is 3.80. The second kappa shape index (κ2) is 10.2. The smallest absolute Gasteiger partial charge is 0.317 e. The molecular formula is C21H27Cl2N3O2. The molecule has 1 saturated heterocycles. The van der Waals surface area contributed by atoms with Gasteiger partial charge in [0, 0.05) is 31.2 Å². The first kappa shape index (κ1) is 21.0. The van der Waals surface area contributed by atoms with Crippen molar-refractivity contribution in [3.8, 4) is 0 Å². The Balaban J connectivity index is 1.42. The number of nitrogens with zero attached hydrogens (tertiary/aromatic N) is 1. The van der Waals surface area contributed by atoms with Crippen LogP contribution in [0.1, 0.15) is 50.5 Å². The Hall–Kier alpha value is -1.72. The summed E-state index contributed by atoms with van der Waals surface area (Å²) < 4.78 is 0. The van der Waals surface area contributed by atoms with Gasteiger partial charge in [-0.05, 0) is 43.4 Å². The third-order valence-electron chi connectivity index (χ3n) is 5.46. The summed E-state index contributed by atoms with van der Waals surface area (Å²) in [6.07, 6.45) is 10.5. The van der Waals surface area contributed by atoms with Gasteiger partial charge in [0.05, 0.1) is 10.0 Å². The molecule has 1 saturated carbocycles. The lowest BCUT2D eigenvalue weighted by Crippen LogP contribution is -2.51. The van der Waals surface area contributed by atoms with Crippen LogP contribution in [0.25, 0.3) is 6.08 Å². The van der Waals surface area contributed by atoms with Crippen LogP contribution in [-0.2, 0) is 4.79 Å². The Kier molecular flexibility index (Phi) is 7.63. The normalized spacial score (nSPS) is 19.0. The second-order valence-electron chi connectivity index (χ2n) is 7.53. The van der Waals surface area contributed by atoms with Gasteiger partial charge in [0.1, 0.15) is 0 Å². The van der Waals surface area contributed by atoms with E-state index in [9.17, 15) is 9.59 Å². The third kappa shape index (κ3) is 5.89. The van der Waals surface area contributed by atoms with E-state index in [-0.39, 0.29) is 18.0 Å². The first-order chi connectivity index (χ1) is 13.5. The number of hydrogen-bond acceptors (Lipinski definition) is 2. The van der Waals surface area contributed by atoms with E-state index in [2.05, 4.69) is 10.6 Å². The number of amides is 3. The topological polar surface area (TPSA) is 61.4 Å². The molecule has 2 aliphatic rings. The molecule has 1 aliphatic heterocycles. The second-order valence-corrected chi connectivity index (χ2v) is 8.32. The number of nitrogens with one attached hydrogen (secondary N) is 2. The molecule has 0 unspecified atom stereocenters. The maximum Gasteiger partial charge on any atom is 0.317 e. The predicted octanol–water partition coefficient (Wildman–Crippen LogP) is 4.63. The number of hydrogen-bond donors (Lipinski definition) is 2. The fourth-order valence-corrected chi connectivity index (χ4v) is 4.17. The molecule has 0 bridgehead atoms. The van der Waals surface area contributed by atoms with E-state index >= 15 is 0 Å². The van der Waals surface area contributed by atoms with Crippen LogP contribution in [0.3, 0.4) is 0 Å². The highest BCUT2D eigenvalue weighted by Crippen LogP contribution is 2.26. The minimum Gasteiger partial charge on any atom is -0.350 e. The van der Waals surface area contributed by atoms with Crippen molar-refractivity contribution in [3.05, 3.63) is 39.9 Å². The first-order valence-electron chi connectivity index (χ1n) is 10.0. The Morgan fingerprint density at radius 3 is 2.36 bits per heavy atom. The largest absolute Gasteiger partial charge is 0.350 e. The van der Waals surface area contributed by atoms with Crippen LogP contribution < -0.4 is 10.6 Å². The van der Waals surface area contributed by atoms with E-state index in [4.69, 9.17) is 23.2 Å². The first-order valence-corrected chi connectivity index (χ1v) is 10.8. The van der Waals surface area contributed by atoms with Crippen molar-refractivity contribution in [2.45, 2.75) is 57.0 Å². The van der Waals surface area contributed by atoms with E-state index in [0.29, 0.717) is 34.7 Å². The van der Waals surface area contributed by atoms with Crippen LogP contribution in [0.4, 0.5) is 4.79 Å². The molecule has 2 fully saturated rings. The highest BCUT2D eigenvalue weighted by Gasteiger charge is 2.25. The summed E-state index contributed by atoms with van der Waals surface area (Å²) in [5.41, 5.74) is 0.707. The monoisotopic (exact) mass is 423 g/mol. The number of piperidine rings is 1. The van der Waals surface area contributed by atoms with E-state index in [0.717, 1.165) is 25.7 Å². The Labute approximate surface area is 176 Å². The van der Waals surface area contributed by atoms with Gasteiger partial charge < -0.3 is 15.5 Å². The fraction of sp³-hybridized carbons (Fsp3) is 0.524. The lowest BCUT2D eigenvalue weighted by Gasteiger charge is -2.34. The van der Waals surface area contributed by atoms with Gasteiger partial charge in [0.2, 0.25) is 5.91 Å². The van der Waals surface area contributed by atoms with Crippen LogP contribution in [-0.4, -0.2) is 42.0 Å². The van der Waals surface area contributed by atoms with Crippen LogP contribution in [0, 0.1) is 0 Å². The van der Waals surface area contributed by atoms with Crippen molar-refractivity contribution in [3.63, 3.8) is 0 Å². The van der Waals surface area contributed by atoms with E-state index in [1.165, 1.54) is 25.3 Å². The SMILES string of the molecule is O=C(/C=C/c1cccc(Cl)c1Cl)NC1CCN(C(=O)NC2CCCCC2)CC1. The molecule has 0 spiro atoms. The van der Waals surface area contributed by atoms with Gasteiger partial charge >= 0.3 is 6.03 Å². The molecular weight excluding hydrogens is 397 g/mol. The summed E-state index contributed by atoms with van der Waals surface area (Å²) in [6, 6.07) is 5.74. The molecule has 28 heavy (non-hydrogen) atoms. The Bertz CT molecular complexity index is 724. The van der Waals surface area contributed by atoms with Crippen molar-refractivity contribution in [1.29, 1.82) is 0 Å². The maximum absolute atomic E-state index is 12.4. The van der Waals surface area contributed by atoms with E-state index in [1.807, 2.05) is 4.90 Å². The average molecular weight is 424 g/mol. The minimum atomic E-state index is -0.166. The molecule has 0 atom stereocenters. The van der Waals surface area contributed by atoms with Crippen molar-refractivity contribution in [2.75, 3.05) is 13.1 Å². The summed E-state index contributed by atoms with van der Waals surface area (Å²) in [7, 11) is 0. The Morgan fingerprint density at radius 2 is 1.64 bits per heavy atom. The van der Waals surface area contributed by atoms with Gasteiger partial charge in [-0.25, -0.2) is 4.79 Å². The molecule has 1 heterocycles. The van der Waals surface area contributed by atoms with E-state index in [1.54, 1.807) is 24.3 Å². The zero-order valence-electron chi connectivity index (χ0n) is 15.9. The van der Waals surface area contributed by atoms with Gasteiger partial charge in [0.15, 0.2) is 0 Å². The molecule has 1 aromatic rings. The minimum absolute atomic E-state index is 0.0344. The number of carbonyl (C=O) groups excluding carboxylic acids is 2. The molecule has 3 amide bonds. The number of halogens is 2. The molecule has 0 radical (unpaired) electrons. The number of benzene rings is 1. The van der Waals surface area contributed by atoms with Crippen molar-refractivity contribution in [1.82, 2.24) is 15.5 Å². The highest BCUT2D eigenvalue weighted by molar-refractivity contribution is 6.42. The van der Waals surface area contributed by atoms with Crippen molar-refractivity contribution in [2.24, 2.45) is 0 Å². The summed E-state index contributed by atoms with van der Waals surface area (Å²) in [6.45, 7) is 1.32. The predicted molar refractivity (Wildman–Crippen MR) is 114 cm³/mol. The zero-order chi connectivity index (χ0) is 19.9. The zero-order valence-corrected chi connectivity index (χ0v) is 17.4. The van der Waals surface area contributed by atoms with Crippen LogP contribution in [0.2, 0.25) is 10.0 Å². The summed E-state index contributed by atoms with van der Waals surface area (Å²) in [5.74, 6) is -0.166. The third-order valence-corrected chi connectivity index (χ3v) is 6.29. The summed E-state index contributed by atoms with van der Waals surface area (Å²) >= 11 is 12.1. The summed E-state index contributed by atoms with van der Waals surface area (Å²) in [5, 5.41) is 7.06. The molecule has 1 aromatic carbocycles. The molecule has 5 nitrogen and oxygen atoms in total. The quantitative estimate of drug-likeness (QED) is 0.693. The van der Waals surface area contributed by atoms with Crippen molar-refractivity contribution >= 4 is 41.2 Å². The molecule has 3 rings (SSSR count). The number of carbonyl (C=O) groups is 2. The van der Waals surface area contributed by atoms with Gasteiger partial charge in [-0.2, -0.15) is 0 Å². The van der Waals surface area contributed by atoms with Gasteiger partial charge in [-0.3, -0.25) is 4.79 Å².